The number of aromatic nitrogens is 1. The number of nitrogens with zero attached hydrogens (tertiary/aromatic N) is 1. The minimum Gasteiger partial charge on any atom is -0.348 e. The van der Waals surface area contributed by atoms with Crippen LogP contribution in [0.4, 0.5) is 0 Å². The van der Waals surface area contributed by atoms with Gasteiger partial charge in [0.15, 0.2) is 18.7 Å². The Hall–Kier alpha value is -1.97. The van der Waals surface area contributed by atoms with Crippen LogP contribution in [0.3, 0.4) is 0 Å². The Bertz CT molecular complexity index is 596. The van der Waals surface area contributed by atoms with Gasteiger partial charge < -0.3 is 9.47 Å². The van der Waals surface area contributed by atoms with Crippen LogP contribution in [-0.2, 0) is 16.5 Å². The molecule has 0 radical (unpaired) electrons. The molecule has 108 valence electrons. The summed E-state index contributed by atoms with van der Waals surface area (Å²) in [6, 6.07) is 12.5. The van der Waals surface area contributed by atoms with E-state index in [1.54, 1.807) is 0 Å². The number of pyridine rings is 1. The van der Waals surface area contributed by atoms with Gasteiger partial charge in [-0.25, -0.2) is 4.57 Å². The van der Waals surface area contributed by atoms with Gasteiger partial charge in [0, 0.05) is 17.7 Å². The Morgan fingerprint density at radius 3 is 2.10 bits per heavy atom. The summed E-state index contributed by atoms with van der Waals surface area (Å²) >= 11 is 0. The molecule has 3 nitrogen and oxygen atoms in total. The molecule has 0 bridgehead atoms. The van der Waals surface area contributed by atoms with Crippen LogP contribution in [0, 0.1) is 0 Å². The first-order chi connectivity index (χ1) is 10.3. The number of hydrogen-bond donors (Lipinski definition) is 0. The smallest absolute Gasteiger partial charge is 0.183 e. The van der Waals surface area contributed by atoms with Crippen LogP contribution < -0.4 is 4.57 Å². The van der Waals surface area contributed by atoms with Gasteiger partial charge in [-0.15, -0.1) is 0 Å². The van der Waals surface area contributed by atoms with E-state index in [0.29, 0.717) is 0 Å². The maximum Gasteiger partial charge on any atom is 0.183 e. The van der Waals surface area contributed by atoms with Crippen LogP contribution in [0.15, 0.2) is 48.8 Å². The maximum absolute atomic E-state index is 5.60. The first kappa shape index (κ1) is 14.0. The molecule has 1 aliphatic rings. The average molecular weight is 282 g/mol. The van der Waals surface area contributed by atoms with E-state index in [0.717, 1.165) is 25.2 Å². The van der Waals surface area contributed by atoms with Gasteiger partial charge in [-0.05, 0) is 17.5 Å². The van der Waals surface area contributed by atoms with Crippen molar-refractivity contribution in [3.8, 4) is 0 Å². The molecule has 3 heteroatoms. The second-order valence-electron chi connectivity index (χ2n) is 5.22. The number of hydrogen-bond acceptors (Lipinski definition) is 2. The highest BCUT2D eigenvalue weighted by molar-refractivity contribution is 5.69. The third-order valence-electron chi connectivity index (χ3n) is 3.51. The van der Waals surface area contributed by atoms with Crippen molar-refractivity contribution in [2.75, 3.05) is 13.2 Å². The fourth-order valence-electron chi connectivity index (χ4n) is 2.26. The third kappa shape index (κ3) is 3.78. The highest BCUT2D eigenvalue weighted by Gasteiger charge is 2.15. The van der Waals surface area contributed by atoms with Crippen LogP contribution in [-0.4, -0.2) is 13.2 Å². The van der Waals surface area contributed by atoms with E-state index in [9.17, 15) is 0 Å². The molecular formula is C18H20NO2+. The molecule has 21 heavy (non-hydrogen) atoms. The molecule has 0 amide bonds. The van der Waals surface area contributed by atoms with Crippen LogP contribution >= 0.6 is 0 Å². The lowest BCUT2D eigenvalue weighted by atomic mass is 10.1. The monoisotopic (exact) mass is 282 g/mol. The van der Waals surface area contributed by atoms with E-state index in [2.05, 4.69) is 48.6 Å². The van der Waals surface area contributed by atoms with E-state index in [-0.39, 0.29) is 6.29 Å². The lowest BCUT2D eigenvalue weighted by Gasteiger charge is -2.23. The minimum absolute atomic E-state index is 0.203. The molecule has 1 saturated heterocycles. The Balaban J connectivity index is 1.67. The van der Waals surface area contributed by atoms with Gasteiger partial charge in [-0.3, -0.25) is 0 Å². The van der Waals surface area contributed by atoms with Crippen LogP contribution in [0.2, 0.25) is 0 Å². The fourth-order valence-corrected chi connectivity index (χ4v) is 2.26. The number of benzene rings is 1. The summed E-state index contributed by atoms with van der Waals surface area (Å²) in [5.74, 6) is 0. The van der Waals surface area contributed by atoms with Crippen molar-refractivity contribution < 1.29 is 14.0 Å². The van der Waals surface area contributed by atoms with Gasteiger partial charge in [0.05, 0.1) is 13.2 Å². The molecule has 2 aromatic rings. The molecule has 0 saturated carbocycles. The largest absolute Gasteiger partial charge is 0.348 e. The minimum atomic E-state index is -0.203. The summed E-state index contributed by atoms with van der Waals surface area (Å²) in [6.45, 7) is 1.55. The quantitative estimate of drug-likeness (QED) is 0.807. The molecule has 1 aliphatic heterocycles. The summed E-state index contributed by atoms with van der Waals surface area (Å²) in [7, 11) is 2.02. The first-order valence-corrected chi connectivity index (χ1v) is 7.28. The highest BCUT2D eigenvalue weighted by atomic mass is 16.7. The van der Waals surface area contributed by atoms with Crippen molar-refractivity contribution in [3.63, 3.8) is 0 Å². The molecule has 1 aromatic carbocycles. The second-order valence-corrected chi connectivity index (χ2v) is 5.22. The van der Waals surface area contributed by atoms with Crippen molar-refractivity contribution in [2.45, 2.75) is 12.7 Å². The van der Waals surface area contributed by atoms with E-state index in [1.165, 1.54) is 11.1 Å². The van der Waals surface area contributed by atoms with Gasteiger partial charge in [0.2, 0.25) is 0 Å². The Morgan fingerprint density at radius 2 is 1.48 bits per heavy atom. The topological polar surface area (TPSA) is 22.3 Å². The summed E-state index contributed by atoms with van der Waals surface area (Å²) in [4.78, 5) is 0. The van der Waals surface area contributed by atoms with Crippen molar-refractivity contribution in [3.05, 3.63) is 65.5 Å². The van der Waals surface area contributed by atoms with Crippen molar-refractivity contribution >= 4 is 12.2 Å². The van der Waals surface area contributed by atoms with E-state index in [4.69, 9.17) is 9.47 Å². The van der Waals surface area contributed by atoms with E-state index < -0.39 is 0 Å². The molecule has 0 spiro atoms. The zero-order chi connectivity index (χ0) is 14.5. The van der Waals surface area contributed by atoms with Crippen molar-refractivity contribution in [2.24, 2.45) is 7.05 Å². The van der Waals surface area contributed by atoms with Gasteiger partial charge in [0.1, 0.15) is 7.05 Å². The van der Waals surface area contributed by atoms with Gasteiger partial charge >= 0.3 is 0 Å². The lowest BCUT2D eigenvalue weighted by Crippen LogP contribution is -2.25. The van der Waals surface area contributed by atoms with E-state index >= 15 is 0 Å². The van der Waals surface area contributed by atoms with Crippen LogP contribution in [0.25, 0.3) is 12.2 Å². The Labute approximate surface area is 125 Å². The van der Waals surface area contributed by atoms with E-state index in [1.807, 2.05) is 24.0 Å². The molecule has 3 rings (SSSR count). The fraction of sp³-hybridized carbons (Fsp3) is 0.278. The molecule has 0 unspecified atom stereocenters. The average Bonchev–Trinajstić information content (AvgIpc) is 2.56. The second kappa shape index (κ2) is 6.66. The third-order valence-corrected chi connectivity index (χ3v) is 3.51. The summed E-state index contributed by atoms with van der Waals surface area (Å²) in [5.41, 5.74) is 3.44. The molecule has 1 aromatic heterocycles. The summed E-state index contributed by atoms with van der Waals surface area (Å²) in [5, 5.41) is 0. The normalized spacial score (nSPS) is 16.4. The summed E-state index contributed by atoms with van der Waals surface area (Å²) < 4.78 is 13.2. The summed E-state index contributed by atoms with van der Waals surface area (Å²) in [6.07, 6.45) is 9.09. The predicted octanol–water partition coefficient (Wildman–Crippen LogP) is 3.12. The van der Waals surface area contributed by atoms with Gasteiger partial charge in [-0.1, -0.05) is 36.4 Å². The number of aryl methyl sites for hydroxylation is 1. The number of ether oxygens (including phenoxy) is 2. The standard InChI is InChI=1S/C18H20NO2/c1-19-11-9-16(10-12-19)4-3-15-5-7-17(8-6-15)18-20-13-2-14-21-18/h3-12,18H,2,13-14H2,1H3/q+1/b4-3+. The highest BCUT2D eigenvalue weighted by Crippen LogP contribution is 2.23. The zero-order valence-corrected chi connectivity index (χ0v) is 12.2. The lowest BCUT2D eigenvalue weighted by molar-refractivity contribution is -0.671. The Morgan fingerprint density at radius 1 is 0.905 bits per heavy atom. The van der Waals surface area contributed by atoms with Crippen LogP contribution in [0.1, 0.15) is 29.4 Å². The zero-order valence-electron chi connectivity index (χ0n) is 12.2. The predicted molar refractivity (Wildman–Crippen MR) is 82.3 cm³/mol. The Kier molecular flexibility index (Phi) is 4.43. The molecule has 0 atom stereocenters. The van der Waals surface area contributed by atoms with Gasteiger partial charge in [0.25, 0.3) is 0 Å². The molecule has 2 heterocycles. The molecule has 1 fully saturated rings. The van der Waals surface area contributed by atoms with Crippen molar-refractivity contribution in [1.29, 1.82) is 0 Å². The maximum atomic E-state index is 5.60. The van der Waals surface area contributed by atoms with Crippen molar-refractivity contribution in [1.82, 2.24) is 0 Å². The van der Waals surface area contributed by atoms with Gasteiger partial charge in [-0.2, -0.15) is 0 Å². The molecule has 0 aliphatic carbocycles. The molecule has 0 N–H and O–H groups in total. The van der Waals surface area contributed by atoms with Crippen LogP contribution in [0.5, 0.6) is 0 Å². The first-order valence-electron chi connectivity index (χ1n) is 7.28. The number of rotatable bonds is 3. The molecular weight excluding hydrogens is 262 g/mol. The SMILES string of the molecule is C[n+]1ccc(/C=C/c2ccc(C3OCCCO3)cc2)cc1.